The van der Waals surface area contributed by atoms with Gasteiger partial charge in [-0.2, -0.15) is 9.97 Å². The number of nitrogens with zero attached hydrogens (tertiary/aromatic N) is 7. The van der Waals surface area contributed by atoms with Crippen LogP contribution >= 0.6 is 0 Å². The van der Waals surface area contributed by atoms with Crippen molar-refractivity contribution in [3.05, 3.63) is 0 Å². The van der Waals surface area contributed by atoms with Crippen molar-refractivity contribution >= 4 is 44.6 Å². The zero-order valence-corrected chi connectivity index (χ0v) is 28.4. The summed E-state index contributed by atoms with van der Waals surface area (Å²) in [6.45, 7) is 6.41. The Morgan fingerprint density at radius 3 is 1.76 bits per heavy atom. The largest absolute Gasteiger partial charge is 0.383 e. The molecule has 0 atom stereocenters. The summed E-state index contributed by atoms with van der Waals surface area (Å²) in [5.74, 6) is 2.26. The number of nitrogens with one attached hydrogen (secondary N) is 2. The molecule has 0 amide bonds. The Morgan fingerprint density at radius 2 is 1.27 bits per heavy atom. The number of anilines is 4. The molecule has 1 saturated heterocycles. The van der Waals surface area contributed by atoms with Crippen LogP contribution in [-0.4, -0.2) is 155 Å². The second-order valence-electron chi connectivity index (χ2n) is 10.7. The molecule has 1 aliphatic heterocycles. The summed E-state index contributed by atoms with van der Waals surface area (Å²) in [6.07, 6.45) is 3.59. The number of sulfonamides is 1. The second kappa shape index (κ2) is 19.1. The van der Waals surface area contributed by atoms with E-state index in [1.54, 1.807) is 35.5 Å². The number of hydrogen-bond acceptors (Lipinski definition) is 15. The number of hydrogen-bond donors (Lipinski definition) is 2. The molecule has 0 radical (unpaired) electrons. The molecule has 0 unspecified atom stereocenters. The van der Waals surface area contributed by atoms with E-state index in [4.69, 9.17) is 43.6 Å². The van der Waals surface area contributed by atoms with Crippen molar-refractivity contribution in [2.24, 2.45) is 0 Å². The molecule has 0 spiro atoms. The predicted octanol–water partition coefficient (Wildman–Crippen LogP) is 0.585. The van der Waals surface area contributed by atoms with Gasteiger partial charge in [0.05, 0.1) is 38.8 Å². The Hall–Kier alpha value is -2.67. The van der Waals surface area contributed by atoms with Gasteiger partial charge in [0.15, 0.2) is 11.6 Å². The monoisotopic (exact) mass is 657 g/mol. The predicted molar refractivity (Wildman–Crippen MR) is 175 cm³/mol. The molecule has 0 aromatic carbocycles. The third-order valence-corrected chi connectivity index (χ3v) is 8.14. The molecule has 256 valence electrons. The van der Waals surface area contributed by atoms with Crippen LogP contribution in [0.5, 0.6) is 0 Å². The van der Waals surface area contributed by atoms with E-state index in [-0.39, 0.29) is 12.6 Å². The number of piperidine rings is 1. The fourth-order valence-corrected chi connectivity index (χ4v) is 5.40. The SMILES string of the molecule is COCCN(CCOC)c1nc(N2CCC(OC)CC2)c2nc(N(CCOC)CCOC)nc(NCCCNS(C)(=O)=O)c2n1. The molecular formula is C28H51N9O7S. The minimum absolute atomic E-state index is 0.190. The first-order valence-corrected chi connectivity index (χ1v) is 17.1. The highest BCUT2D eigenvalue weighted by molar-refractivity contribution is 7.88. The molecule has 2 aromatic rings. The standard InChI is InChI=1S/C28H51N9O7S/c1-40-18-14-36(15-19-41-2)27-32-24-23(25(33-27)29-10-7-11-30-45(6,38)39)31-28(37(16-20-42-3)17-21-43-4)34-26(24)35-12-8-22(44-5)9-13-35/h22,30H,7-21H2,1-6H3,(H,29,32,33). The molecule has 0 bridgehead atoms. The third-order valence-electron chi connectivity index (χ3n) is 7.41. The summed E-state index contributed by atoms with van der Waals surface area (Å²) >= 11 is 0. The van der Waals surface area contributed by atoms with Gasteiger partial charge in [0.25, 0.3) is 0 Å². The van der Waals surface area contributed by atoms with Gasteiger partial charge in [0.2, 0.25) is 21.9 Å². The molecule has 17 heteroatoms. The quantitative estimate of drug-likeness (QED) is 0.169. The Balaban J connectivity index is 2.16. The van der Waals surface area contributed by atoms with Crippen molar-refractivity contribution < 1.29 is 32.1 Å². The Morgan fingerprint density at radius 1 is 0.756 bits per heavy atom. The first-order valence-electron chi connectivity index (χ1n) is 15.3. The lowest BCUT2D eigenvalue weighted by Gasteiger charge is -2.33. The van der Waals surface area contributed by atoms with E-state index in [9.17, 15) is 8.42 Å². The first-order chi connectivity index (χ1) is 21.7. The molecule has 1 fully saturated rings. The van der Waals surface area contributed by atoms with E-state index in [0.29, 0.717) is 100 Å². The lowest BCUT2D eigenvalue weighted by Crippen LogP contribution is -2.38. The smallest absolute Gasteiger partial charge is 0.228 e. The van der Waals surface area contributed by atoms with Crippen LogP contribution in [-0.2, 0) is 33.7 Å². The Kier molecular flexibility index (Phi) is 15.6. The van der Waals surface area contributed by atoms with Gasteiger partial charge in [-0.1, -0.05) is 0 Å². The lowest BCUT2D eigenvalue weighted by molar-refractivity contribution is 0.0818. The topological polar surface area (TPSA) is 166 Å². The summed E-state index contributed by atoms with van der Waals surface area (Å²) in [5, 5.41) is 3.41. The zero-order valence-electron chi connectivity index (χ0n) is 27.6. The van der Waals surface area contributed by atoms with Gasteiger partial charge >= 0.3 is 0 Å². The molecule has 45 heavy (non-hydrogen) atoms. The Labute approximate surface area is 267 Å². The second-order valence-corrected chi connectivity index (χ2v) is 12.6. The highest BCUT2D eigenvalue weighted by Gasteiger charge is 2.27. The molecule has 3 heterocycles. The number of rotatable bonds is 22. The summed E-state index contributed by atoms with van der Waals surface area (Å²) < 4.78 is 52.9. The zero-order chi connectivity index (χ0) is 32.7. The number of ether oxygens (including phenoxy) is 5. The maximum atomic E-state index is 11.6. The first kappa shape index (κ1) is 36.8. The maximum absolute atomic E-state index is 11.6. The minimum Gasteiger partial charge on any atom is -0.383 e. The third kappa shape index (κ3) is 11.6. The van der Waals surface area contributed by atoms with Gasteiger partial charge in [-0.25, -0.2) is 23.1 Å². The molecule has 3 rings (SSSR count). The summed E-state index contributed by atoms with van der Waals surface area (Å²) in [6, 6.07) is 0. The van der Waals surface area contributed by atoms with E-state index < -0.39 is 10.0 Å². The molecule has 0 aliphatic carbocycles. The summed E-state index contributed by atoms with van der Waals surface area (Å²) in [4.78, 5) is 26.4. The Bertz CT molecular complexity index is 1250. The molecule has 0 saturated carbocycles. The molecule has 2 N–H and O–H groups in total. The van der Waals surface area contributed by atoms with Crippen molar-refractivity contribution in [2.75, 3.05) is 141 Å². The van der Waals surface area contributed by atoms with Gasteiger partial charge in [0, 0.05) is 87.9 Å². The van der Waals surface area contributed by atoms with Crippen LogP contribution in [0.15, 0.2) is 0 Å². The van der Waals surface area contributed by atoms with Gasteiger partial charge in [0.1, 0.15) is 11.0 Å². The molecular weight excluding hydrogens is 606 g/mol. The molecule has 16 nitrogen and oxygen atoms in total. The number of methoxy groups -OCH3 is 5. The molecule has 2 aromatic heterocycles. The highest BCUT2D eigenvalue weighted by atomic mass is 32.2. The summed E-state index contributed by atoms with van der Waals surface area (Å²) in [5.41, 5.74) is 1.19. The van der Waals surface area contributed by atoms with Crippen LogP contribution in [0.3, 0.4) is 0 Å². The van der Waals surface area contributed by atoms with Crippen molar-refractivity contribution in [3.8, 4) is 0 Å². The van der Waals surface area contributed by atoms with Gasteiger partial charge in [-0.05, 0) is 19.3 Å². The van der Waals surface area contributed by atoms with E-state index in [2.05, 4.69) is 14.9 Å². The fraction of sp³-hybridized carbons (Fsp3) is 0.786. The fourth-order valence-electron chi connectivity index (χ4n) is 4.89. The van der Waals surface area contributed by atoms with E-state index in [1.165, 1.54) is 0 Å². The van der Waals surface area contributed by atoms with Crippen LogP contribution < -0.4 is 24.7 Å². The van der Waals surface area contributed by atoms with Crippen LogP contribution in [0.25, 0.3) is 11.0 Å². The van der Waals surface area contributed by atoms with Gasteiger partial charge < -0.3 is 43.7 Å². The van der Waals surface area contributed by atoms with Crippen LogP contribution in [0.4, 0.5) is 23.5 Å². The molecule has 1 aliphatic rings. The van der Waals surface area contributed by atoms with Crippen molar-refractivity contribution in [3.63, 3.8) is 0 Å². The van der Waals surface area contributed by atoms with Crippen LogP contribution in [0.1, 0.15) is 19.3 Å². The number of aromatic nitrogens is 4. The van der Waals surface area contributed by atoms with Crippen molar-refractivity contribution in [2.45, 2.75) is 25.4 Å². The van der Waals surface area contributed by atoms with Crippen LogP contribution in [0.2, 0.25) is 0 Å². The van der Waals surface area contributed by atoms with Crippen molar-refractivity contribution in [1.29, 1.82) is 0 Å². The van der Waals surface area contributed by atoms with Crippen LogP contribution in [0, 0.1) is 0 Å². The van der Waals surface area contributed by atoms with E-state index in [0.717, 1.165) is 32.2 Å². The normalized spacial score (nSPS) is 14.3. The van der Waals surface area contributed by atoms with E-state index in [1.807, 2.05) is 9.80 Å². The number of fused-ring (bicyclic) bond motifs is 1. The van der Waals surface area contributed by atoms with E-state index >= 15 is 0 Å². The van der Waals surface area contributed by atoms with Gasteiger partial charge in [-0.3, -0.25) is 0 Å². The lowest BCUT2D eigenvalue weighted by atomic mass is 10.1. The average Bonchev–Trinajstić information content (AvgIpc) is 3.03. The minimum atomic E-state index is -3.29. The van der Waals surface area contributed by atoms with Gasteiger partial charge in [-0.15, -0.1) is 0 Å². The van der Waals surface area contributed by atoms with Crippen molar-refractivity contribution in [1.82, 2.24) is 24.7 Å². The summed E-state index contributed by atoms with van der Waals surface area (Å²) in [7, 11) is 5.10. The highest BCUT2D eigenvalue weighted by Crippen LogP contribution is 2.32. The maximum Gasteiger partial charge on any atom is 0.228 e. The average molecular weight is 658 g/mol.